The monoisotopic (exact) mass is 186 g/mol. The van der Waals surface area contributed by atoms with E-state index in [9.17, 15) is 4.79 Å². The largest absolute Gasteiger partial charge is 0.481 e. The Labute approximate surface area is 79.3 Å². The Bertz CT molecular complexity index is 193. The highest BCUT2D eigenvalue weighted by Gasteiger charge is 2.37. The second-order valence-electron chi connectivity index (χ2n) is 4.52. The molecule has 2 atom stereocenters. The first-order valence-corrected chi connectivity index (χ1v) is 5.09. The number of quaternary nitrogens is 1. The van der Waals surface area contributed by atoms with E-state index in [0.717, 1.165) is 19.4 Å². The zero-order valence-electron chi connectivity index (χ0n) is 8.38. The Morgan fingerprint density at radius 2 is 2.38 bits per heavy atom. The lowest BCUT2D eigenvalue weighted by Gasteiger charge is -2.36. The van der Waals surface area contributed by atoms with Gasteiger partial charge in [-0.05, 0) is 18.8 Å². The molecule has 3 nitrogen and oxygen atoms in total. The van der Waals surface area contributed by atoms with Crippen LogP contribution in [0.2, 0.25) is 0 Å². The lowest BCUT2D eigenvalue weighted by Crippen LogP contribution is -2.59. The second kappa shape index (κ2) is 4.09. The standard InChI is InChI=1S/C10H19NO2/c1-8-3-2-4-10(5-8,7-11)6-9(12)13/h8H,2-7,11H2,1H3,(H,12,13)/p+1/t8-,10+/m1/s1. The first-order valence-electron chi connectivity index (χ1n) is 5.09. The maximum Gasteiger partial charge on any atom is 0.304 e. The van der Waals surface area contributed by atoms with Crippen LogP contribution < -0.4 is 5.73 Å². The fourth-order valence-electron chi connectivity index (χ4n) is 2.57. The Morgan fingerprint density at radius 1 is 1.69 bits per heavy atom. The first kappa shape index (κ1) is 10.5. The fraction of sp³-hybridized carbons (Fsp3) is 0.900. The molecule has 1 aliphatic carbocycles. The molecular formula is C10H20NO2+. The van der Waals surface area contributed by atoms with Crippen molar-refractivity contribution >= 4 is 5.97 Å². The normalized spacial score (nSPS) is 34.5. The topological polar surface area (TPSA) is 64.9 Å². The van der Waals surface area contributed by atoms with E-state index in [0.29, 0.717) is 12.3 Å². The molecule has 13 heavy (non-hydrogen) atoms. The minimum absolute atomic E-state index is 0.00347. The summed E-state index contributed by atoms with van der Waals surface area (Å²) in [6, 6.07) is 0. The SMILES string of the molecule is C[C@@H]1CCC[C@@](C[NH3+])(CC(=O)O)C1. The van der Waals surface area contributed by atoms with E-state index in [-0.39, 0.29) is 5.41 Å². The molecule has 1 fully saturated rings. The van der Waals surface area contributed by atoms with Gasteiger partial charge in [0.25, 0.3) is 0 Å². The molecule has 1 rings (SSSR count). The number of rotatable bonds is 3. The summed E-state index contributed by atoms with van der Waals surface area (Å²) in [5.41, 5.74) is 3.91. The zero-order valence-corrected chi connectivity index (χ0v) is 8.38. The van der Waals surface area contributed by atoms with Crippen LogP contribution >= 0.6 is 0 Å². The van der Waals surface area contributed by atoms with Crippen LogP contribution in [0.25, 0.3) is 0 Å². The van der Waals surface area contributed by atoms with E-state index < -0.39 is 5.97 Å². The van der Waals surface area contributed by atoms with Gasteiger partial charge in [0.05, 0.1) is 13.0 Å². The third-order valence-electron chi connectivity index (χ3n) is 3.24. The van der Waals surface area contributed by atoms with Gasteiger partial charge in [-0.15, -0.1) is 0 Å². The summed E-state index contributed by atoms with van der Waals surface area (Å²) in [5.74, 6) is 0.00704. The minimum Gasteiger partial charge on any atom is -0.481 e. The van der Waals surface area contributed by atoms with Crippen molar-refractivity contribution in [1.29, 1.82) is 0 Å². The van der Waals surface area contributed by atoms with Crippen LogP contribution in [-0.4, -0.2) is 17.6 Å². The van der Waals surface area contributed by atoms with Gasteiger partial charge in [-0.2, -0.15) is 0 Å². The third-order valence-corrected chi connectivity index (χ3v) is 3.24. The third kappa shape index (κ3) is 2.69. The summed E-state index contributed by atoms with van der Waals surface area (Å²) >= 11 is 0. The first-order chi connectivity index (χ1) is 6.08. The summed E-state index contributed by atoms with van der Waals surface area (Å²) in [6.45, 7) is 2.98. The molecule has 0 amide bonds. The predicted molar refractivity (Wildman–Crippen MR) is 50.1 cm³/mol. The fourth-order valence-corrected chi connectivity index (χ4v) is 2.57. The minimum atomic E-state index is -0.669. The molecule has 0 spiro atoms. The molecule has 1 saturated carbocycles. The highest BCUT2D eigenvalue weighted by molar-refractivity contribution is 5.67. The molecule has 0 saturated heterocycles. The number of carboxylic acid groups (broad SMARTS) is 1. The van der Waals surface area contributed by atoms with Gasteiger partial charge < -0.3 is 10.8 Å². The smallest absolute Gasteiger partial charge is 0.304 e. The van der Waals surface area contributed by atoms with Crippen molar-refractivity contribution in [3.05, 3.63) is 0 Å². The Kier molecular flexibility index (Phi) is 3.31. The van der Waals surface area contributed by atoms with Crippen molar-refractivity contribution in [2.24, 2.45) is 11.3 Å². The van der Waals surface area contributed by atoms with Crippen LogP contribution in [0.1, 0.15) is 39.0 Å². The lowest BCUT2D eigenvalue weighted by molar-refractivity contribution is -0.396. The summed E-state index contributed by atoms with van der Waals surface area (Å²) in [7, 11) is 0. The number of carboxylic acids is 1. The molecule has 0 unspecified atom stereocenters. The maximum atomic E-state index is 10.7. The molecular weight excluding hydrogens is 166 g/mol. The van der Waals surface area contributed by atoms with E-state index in [4.69, 9.17) is 5.11 Å². The molecule has 0 aromatic carbocycles. The van der Waals surface area contributed by atoms with Crippen LogP contribution in [0.3, 0.4) is 0 Å². The molecule has 0 bridgehead atoms. The van der Waals surface area contributed by atoms with Gasteiger partial charge in [0.15, 0.2) is 0 Å². The Hall–Kier alpha value is -0.570. The molecule has 0 radical (unpaired) electrons. The van der Waals surface area contributed by atoms with E-state index >= 15 is 0 Å². The van der Waals surface area contributed by atoms with E-state index in [1.54, 1.807) is 0 Å². The van der Waals surface area contributed by atoms with Gasteiger partial charge in [0, 0.05) is 5.41 Å². The highest BCUT2D eigenvalue weighted by atomic mass is 16.4. The summed E-state index contributed by atoms with van der Waals surface area (Å²) < 4.78 is 0. The number of hydrogen-bond donors (Lipinski definition) is 2. The molecule has 1 aliphatic rings. The van der Waals surface area contributed by atoms with Crippen LogP contribution in [0.4, 0.5) is 0 Å². The van der Waals surface area contributed by atoms with E-state index in [1.807, 2.05) is 0 Å². The van der Waals surface area contributed by atoms with Gasteiger partial charge in [0.1, 0.15) is 0 Å². The quantitative estimate of drug-likeness (QED) is 0.687. The summed E-state index contributed by atoms with van der Waals surface area (Å²) in [6.07, 6.45) is 4.82. The Balaban J connectivity index is 2.61. The van der Waals surface area contributed by atoms with Crippen molar-refractivity contribution in [2.45, 2.75) is 39.0 Å². The molecule has 0 aromatic rings. The second-order valence-corrected chi connectivity index (χ2v) is 4.52. The molecule has 3 heteroatoms. The maximum absolute atomic E-state index is 10.7. The van der Waals surface area contributed by atoms with Crippen LogP contribution in [0, 0.1) is 11.3 Å². The van der Waals surface area contributed by atoms with Crippen molar-refractivity contribution in [2.75, 3.05) is 6.54 Å². The van der Waals surface area contributed by atoms with E-state index in [1.165, 1.54) is 12.8 Å². The highest BCUT2D eigenvalue weighted by Crippen LogP contribution is 2.40. The Morgan fingerprint density at radius 3 is 2.85 bits per heavy atom. The van der Waals surface area contributed by atoms with Gasteiger partial charge in [0.2, 0.25) is 0 Å². The predicted octanol–water partition coefficient (Wildman–Crippen LogP) is 0.899. The van der Waals surface area contributed by atoms with Gasteiger partial charge in [-0.25, -0.2) is 0 Å². The van der Waals surface area contributed by atoms with Crippen molar-refractivity contribution in [3.8, 4) is 0 Å². The number of hydrogen-bond acceptors (Lipinski definition) is 1. The van der Waals surface area contributed by atoms with Crippen LogP contribution in [0.15, 0.2) is 0 Å². The van der Waals surface area contributed by atoms with Crippen molar-refractivity contribution in [3.63, 3.8) is 0 Å². The summed E-state index contributed by atoms with van der Waals surface area (Å²) in [5, 5.41) is 8.82. The van der Waals surface area contributed by atoms with Gasteiger partial charge >= 0.3 is 5.97 Å². The van der Waals surface area contributed by atoms with Crippen molar-refractivity contribution < 1.29 is 15.6 Å². The van der Waals surface area contributed by atoms with Crippen molar-refractivity contribution in [1.82, 2.24) is 0 Å². The molecule has 0 aliphatic heterocycles. The molecule has 76 valence electrons. The zero-order chi connectivity index (χ0) is 9.90. The van der Waals surface area contributed by atoms with Crippen LogP contribution in [-0.2, 0) is 4.79 Å². The molecule has 4 N–H and O–H groups in total. The van der Waals surface area contributed by atoms with E-state index in [2.05, 4.69) is 12.7 Å². The molecule has 0 aromatic heterocycles. The van der Waals surface area contributed by atoms with Crippen LogP contribution in [0.5, 0.6) is 0 Å². The number of carbonyl (C=O) groups is 1. The average molecular weight is 186 g/mol. The van der Waals surface area contributed by atoms with Gasteiger partial charge in [-0.3, -0.25) is 4.79 Å². The summed E-state index contributed by atoms with van der Waals surface area (Å²) in [4.78, 5) is 10.7. The average Bonchev–Trinajstić information content (AvgIpc) is 2.03. The van der Waals surface area contributed by atoms with Gasteiger partial charge in [-0.1, -0.05) is 19.8 Å². The lowest BCUT2D eigenvalue weighted by atomic mass is 9.68. The number of aliphatic carboxylic acids is 1. The molecule has 0 heterocycles.